The van der Waals surface area contributed by atoms with Gasteiger partial charge in [0.05, 0.1) is 11.2 Å². The predicted molar refractivity (Wildman–Crippen MR) is 95.2 cm³/mol. The van der Waals surface area contributed by atoms with Gasteiger partial charge in [-0.3, -0.25) is 0 Å². The average molecular weight is 361 g/mol. The molecule has 0 N–H and O–H groups in total. The molecule has 1 heterocycles. The van der Waals surface area contributed by atoms with Crippen molar-refractivity contribution in [3.05, 3.63) is 76.3 Å². The van der Waals surface area contributed by atoms with Gasteiger partial charge < -0.3 is 0 Å². The molecule has 0 aliphatic carbocycles. The van der Waals surface area contributed by atoms with Crippen molar-refractivity contribution < 1.29 is 4.39 Å². The molecule has 0 bridgehead atoms. The number of thioether (sulfide) groups is 1. The smallest absolute Gasteiger partial charge is 0.206 e. The minimum Gasteiger partial charge on any atom is -0.206 e. The van der Waals surface area contributed by atoms with Crippen molar-refractivity contribution in [3.63, 3.8) is 0 Å². The van der Waals surface area contributed by atoms with Gasteiger partial charge in [-0.2, -0.15) is 9.78 Å². The predicted octanol–water partition coefficient (Wildman–Crippen LogP) is 4.55. The van der Waals surface area contributed by atoms with Crippen LogP contribution >= 0.6 is 23.4 Å². The summed E-state index contributed by atoms with van der Waals surface area (Å²) in [5, 5.41) is 13.4. The van der Waals surface area contributed by atoms with Crippen molar-refractivity contribution >= 4 is 29.6 Å². The van der Waals surface area contributed by atoms with E-state index in [1.54, 1.807) is 23.7 Å². The zero-order chi connectivity index (χ0) is 16.9. The van der Waals surface area contributed by atoms with E-state index in [0.29, 0.717) is 16.0 Å². The summed E-state index contributed by atoms with van der Waals surface area (Å²) < 4.78 is 15.4. The van der Waals surface area contributed by atoms with Crippen LogP contribution in [0.25, 0.3) is 0 Å². The fraction of sp³-hybridized carbons (Fsp3) is 0.118. The van der Waals surface area contributed by atoms with E-state index in [2.05, 4.69) is 15.3 Å². The minimum atomic E-state index is -0.421. The number of rotatable bonds is 5. The average Bonchev–Trinajstić information content (AvgIpc) is 2.94. The Bertz CT molecular complexity index is 844. The Morgan fingerprint density at radius 2 is 1.96 bits per heavy atom. The van der Waals surface area contributed by atoms with E-state index in [1.165, 1.54) is 29.6 Å². The molecule has 0 aliphatic heterocycles. The fourth-order valence-corrected chi connectivity index (χ4v) is 3.13. The van der Waals surface area contributed by atoms with Crippen LogP contribution in [0, 0.1) is 12.7 Å². The van der Waals surface area contributed by atoms with Crippen LogP contribution < -0.4 is 0 Å². The molecule has 24 heavy (non-hydrogen) atoms. The molecule has 0 saturated heterocycles. The number of hydrogen-bond acceptors (Lipinski definition) is 4. The molecule has 7 heteroatoms. The monoisotopic (exact) mass is 360 g/mol. The van der Waals surface area contributed by atoms with E-state index >= 15 is 0 Å². The third-order valence-electron chi connectivity index (χ3n) is 3.28. The summed E-state index contributed by atoms with van der Waals surface area (Å²) in [6.07, 6.45) is 1.39. The quantitative estimate of drug-likeness (QED) is 0.495. The van der Waals surface area contributed by atoms with Crippen LogP contribution in [0.15, 0.2) is 58.8 Å². The molecule has 3 aromatic rings. The Kier molecular flexibility index (Phi) is 5.27. The van der Waals surface area contributed by atoms with Gasteiger partial charge in [-0.1, -0.05) is 59.8 Å². The molecule has 122 valence electrons. The van der Waals surface area contributed by atoms with Gasteiger partial charge in [0.2, 0.25) is 5.16 Å². The Labute approximate surface area is 148 Å². The summed E-state index contributed by atoms with van der Waals surface area (Å²) in [4.78, 5) is 0. The first-order chi connectivity index (χ1) is 11.6. The normalized spacial score (nSPS) is 11.3. The standard InChI is InChI=1S/C17H14ClFN4S/c1-12-21-22-17(24-11-13-6-3-2-4-7-13)23(12)20-10-14-15(18)8-5-9-16(14)19/h2-10H,11H2,1H3/b20-10+. The zero-order valence-electron chi connectivity index (χ0n) is 12.9. The van der Waals surface area contributed by atoms with Crippen LogP contribution in [-0.2, 0) is 5.75 Å². The van der Waals surface area contributed by atoms with E-state index in [0.717, 1.165) is 5.75 Å². The lowest BCUT2D eigenvalue weighted by Gasteiger charge is -2.03. The number of aryl methyl sites for hydroxylation is 1. The maximum absolute atomic E-state index is 13.8. The van der Waals surface area contributed by atoms with Gasteiger partial charge in [0.15, 0.2) is 5.82 Å². The summed E-state index contributed by atoms with van der Waals surface area (Å²) in [6, 6.07) is 14.6. The second-order valence-electron chi connectivity index (χ2n) is 5.00. The highest BCUT2D eigenvalue weighted by Gasteiger charge is 2.10. The van der Waals surface area contributed by atoms with Gasteiger partial charge in [-0.15, -0.1) is 10.2 Å². The molecule has 0 spiro atoms. The molecule has 4 nitrogen and oxygen atoms in total. The lowest BCUT2D eigenvalue weighted by Crippen LogP contribution is -1.98. The first kappa shape index (κ1) is 16.7. The lowest BCUT2D eigenvalue weighted by molar-refractivity contribution is 0.625. The third kappa shape index (κ3) is 3.83. The van der Waals surface area contributed by atoms with Crippen molar-refractivity contribution in [3.8, 4) is 0 Å². The molecule has 0 atom stereocenters. The largest absolute Gasteiger partial charge is 0.212 e. The molecule has 1 aromatic heterocycles. The molecule has 0 saturated carbocycles. The Balaban J connectivity index is 1.81. The molecule has 2 aromatic carbocycles. The van der Waals surface area contributed by atoms with Crippen molar-refractivity contribution in [2.24, 2.45) is 5.10 Å². The van der Waals surface area contributed by atoms with E-state index in [1.807, 2.05) is 30.3 Å². The number of nitrogens with zero attached hydrogens (tertiary/aromatic N) is 4. The summed E-state index contributed by atoms with van der Waals surface area (Å²) in [6.45, 7) is 1.79. The molecule has 3 rings (SSSR count). The van der Waals surface area contributed by atoms with Crippen LogP contribution in [0.1, 0.15) is 17.0 Å². The van der Waals surface area contributed by atoms with E-state index < -0.39 is 5.82 Å². The number of halogens is 2. The first-order valence-corrected chi connectivity index (χ1v) is 8.58. The van der Waals surface area contributed by atoms with Crippen LogP contribution in [0.4, 0.5) is 4.39 Å². The fourth-order valence-electron chi connectivity index (χ4n) is 2.03. The Hall–Kier alpha value is -2.18. The van der Waals surface area contributed by atoms with Crippen LogP contribution in [0.3, 0.4) is 0 Å². The molecule has 0 radical (unpaired) electrons. The highest BCUT2D eigenvalue weighted by molar-refractivity contribution is 7.98. The van der Waals surface area contributed by atoms with Gasteiger partial charge >= 0.3 is 0 Å². The van der Waals surface area contributed by atoms with Gasteiger partial charge in [0, 0.05) is 11.3 Å². The molecule has 0 amide bonds. The Morgan fingerprint density at radius 1 is 1.17 bits per heavy atom. The van der Waals surface area contributed by atoms with Gasteiger partial charge in [-0.05, 0) is 24.6 Å². The number of benzene rings is 2. The van der Waals surface area contributed by atoms with Crippen LogP contribution in [0.2, 0.25) is 5.02 Å². The molecule has 0 unspecified atom stereocenters. The maximum Gasteiger partial charge on any atom is 0.212 e. The second kappa shape index (κ2) is 7.59. The highest BCUT2D eigenvalue weighted by Crippen LogP contribution is 2.22. The maximum atomic E-state index is 13.8. The van der Waals surface area contributed by atoms with E-state index in [4.69, 9.17) is 11.6 Å². The topological polar surface area (TPSA) is 43.1 Å². The van der Waals surface area contributed by atoms with Gasteiger partial charge in [0.1, 0.15) is 5.82 Å². The van der Waals surface area contributed by atoms with E-state index in [9.17, 15) is 4.39 Å². The summed E-state index contributed by atoms with van der Waals surface area (Å²) in [5.41, 5.74) is 1.42. The molecule has 0 aliphatic rings. The van der Waals surface area contributed by atoms with Crippen molar-refractivity contribution in [1.82, 2.24) is 14.9 Å². The van der Waals surface area contributed by atoms with Crippen molar-refractivity contribution in [2.45, 2.75) is 17.8 Å². The minimum absolute atomic E-state index is 0.242. The molecule has 0 fully saturated rings. The van der Waals surface area contributed by atoms with Crippen LogP contribution in [0.5, 0.6) is 0 Å². The number of hydrogen-bond donors (Lipinski definition) is 0. The summed E-state index contributed by atoms with van der Waals surface area (Å²) in [7, 11) is 0. The lowest BCUT2D eigenvalue weighted by atomic mass is 10.2. The third-order valence-corrected chi connectivity index (χ3v) is 4.60. The zero-order valence-corrected chi connectivity index (χ0v) is 14.4. The second-order valence-corrected chi connectivity index (χ2v) is 6.35. The van der Waals surface area contributed by atoms with Crippen molar-refractivity contribution in [2.75, 3.05) is 0 Å². The SMILES string of the molecule is Cc1nnc(SCc2ccccc2)n1/N=C/c1c(F)cccc1Cl. The first-order valence-electron chi connectivity index (χ1n) is 7.22. The van der Waals surface area contributed by atoms with E-state index in [-0.39, 0.29) is 5.56 Å². The highest BCUT2D eigenvalue weighted by atomic mass is 35.5. The molecular formula is C17H14ClFN4S. The van der Waals surface area contributed by atoms with Crippen molar-refractivity contribution in [1.29, 1.82) is 0 Å². The molecular weight excluding hydrogens is 347 g/mol. The van der Waals surface area contributed by atoms with Gasteiger partial charge in [-0.25, -0.2) is 4.39 Å². The van der Waals surface area contributed by atoms with Gasteiger partial charge in [0.25, 0.3) is 0 Å². The summed E-state index contributed by atoms with van der Waals surface area (Å²) in [5.74, 6) is 0.944. The summed E-state index contributed by atoms with van der Waals surface area (Å²) >= 11 is 7.53. The van der Waals surface area contributed by atoms with Crippen LogP contribution in [-0.4, -0.2) is 21.1 Å². The number of aromatic nitrogens is 3. The Morgan fingerprint density at radius 3 is 2.71 bits per heavy atom.